The van der Waals surface area contributed by atoms with Crippen LogP contribution in [0, 0.1) is 11.8 Å². The van der Waals surface area contributed by atoms with Gasteiger partial charge < -0.3 is 29.7 Å². The lowest BCUT2D eigenvalue weighted by Gasteiger charge is -2.37. The van der Waals surface area contributed by atoms with Crippen LogP contribution in [0.3, 0.4) is 0 Å². The number of amides is 1. The smallest absolute Gasteiger partial charge is 0.324 e. The van der Waals surface area contributed by atoms with Crippen LogP contribution >= 0.6 is 0 Å². The monoisotopic (exact) mass is 562 g/mol. The second kappa shape index (κ2) is 11.8. The standard InChI is InChI=1S/C27H40F2N8O3/c1-17(2)24-33-26(40-34-24)35-9-5-19(6-10-35)18(3)7-11-39-20-12-31-25(32-13-20)36-14-21(30)22(15-36)37-16-27(28,29)8-4-23(37)38/h12-13,17-19,21-22H,4-11,14-16,30H2,1-3H3. The summed E-state index contributed by atoms with van der Waals surface area (Å²) in [6.07, 6.45) is 5.74. The molecule has 220 valence electrons. The van der Waals surface area contributed by atoms with Gasteiger partial charge in [0.1, 0.15) is 0 Å². The highest BCUT2D eigenvalue weighted by atomic mass is 19.3. The molecule has 2 aromatic rings. The zero-order valence-electron chi connectivity index (χ0n) is 23.5. The average molecular weight is 563 g/mol. The molecule has 0 aromatic carbocycles. The number of piperidine rings is 2. The predicted molar refractivity (Wildman–Crippen MR) is 145 cm³/mol. The lowest BCUT2D eigenvalue weighted by molar-refractivity contribution is -0.150. The number of halogens is 2. The first-order valence-electron chi connectivity index (χ1n) is 14.3. The van der Waals surface area contributed by atoms with Gasteiger partial charge in [0.25, 0.3) is 5.92 Å². The molecule has 40 heavy (non-hydrogen) atoms. The highest BCUT2D eigenvalue weighted by molar-refractivity contribution is 5.78. The molecule has 3 atom stereocenters. The van der Waals surface area contributed by atoms with Crippen molar-refractivity contribution >= 4 is 17.9 Å². The summed E-state index contributed by atoms with van der Waals surface area (Å²) in [4.78, 5) is 30.9. The van der Waals surface area contributed by atoms with Gasteiger partial charge in [0.2, 0.25) is 11.9 Å². The second-order valence-corrected chi connectivity index (χ2v) is 11.8. The molecule has 2 N–H and O–H groups in total. The Balaban J connectivity index is 1.05. The van der Waals surface area contributed by atoms with Gasteiger partial charge in [0.05, 0.1) is 31.6 Å². The number of alkyl halides is 2. The van der Waals surface area contributed by atoms with E-state index < -0.39 is 31.0 Å². The number of hydrogen-bond donors (Lipinski definition) is 1. The third-order valence-corrected chi connectivity index (χ3v) is 8.46. The second-order valence-electron chi connectivity index (χ2n) is 11.8. The van der Waals surface area contributed by atoms with Crippen LogP contribution in [-0.4, -0.2) is 88.3 Å². The predicted octanol–water partition coefficient (Wildman–Crippen LogP) is 3.08. The van der Waals surface area contributed by atoms with E-state index in [0.717, 1.165) is 38.2 Å². The maximum Gasteiger partial charge on any atom is 0.324 e. The number of likely N-dealkylation sites (tertiary alicyclic amines) is 1. The van der Waals surface area contributed by atoms with Crippen molar-refractivity contribution in [2.75, 3.05) is 49.1 Å². The Morgan fingerprint density at radius 3 is 2.55 bits per heavy atom. The van der Waals surface area contributed by atoms with E-state index in [2.05, 4.69) is 45.8 Å². The topological polar surface area (TPSA) is 127 Å². The number of nitrogens with zero attached hydrogens (tertiary/aromatic N) is 7. The van der Waals surface area contributed by atoms with E-state index >= 15 is 0 Å². The molecule has 0 aliphatic carbocycles. The summed E-state index contributed by atoms with van der Waals surface area (Å²) < 4.78 is 39.2. The third-order valence-electron chi connectivity index (χ3n) is 8.46. The van der Waals surface area contributed by atoms with Gasteiger partial charge in [-0.2, -0.15) is 4.98 Å². The molecular formula is C27H40F2N8O3. The quantitative estimate of drug-likeness (QED) is 0.487. The molecule has 0 radical (unpaired) electrons. The number of aromatic nitrogens is 4. The van der Waals surface area contributed by atoms with Crippen LogP contribution in [0.2, 0.25) is 0 Å². The van der Waals surface area contributed by atoms with Gasteiger partial charge in [0, 0.05) is 51.0 Å². The summed E-state index contributed by atoms with van der Waals surface area (Å²) in [5.74, 6) is -0.0270. The van der Waals surface area contributed by atoms with Gasteiger partial charge in [-0.3, -0.25) is 4.79 Å². The molecular weight excluding hydrogens is 522 g/mol. The van der Waals surface area contributed by atoms with Crippen molar-refractivity contribution in [3.8, 4) is 5.75 Å². The maximum atomic E-state index is 13.9. The summed E-state index contributed by atoms with van der Waals surface area (Å²) in [6, 6.07) is -0.319. The Kier molecular flexibility index (Phi) is 8.39. The summed E-state index contributed by atoms with van der Waals surface area (Å²) >= 11 is 0. The number of carbonyl (C=O) groups is 1. The fourth-order valence-corrected chi connectivity index (χ4v) is 5.85. The van der Waals surface area contributed by atoms with E-state index in [4.69, 9.17) is 15.0 Å². The number of hydrogen-bond acceptors (Lipinski definition) is 10. The van der Waals surface area contributed by atoms with Crippen molar-refractivity contribution in [1.82, 2.24) is 25.0 Å². The normalized spacial score (nSPS) is 24.7. The van der Waals surface area contributed by atoms with Crippen LogP contribution in [0.1, 0.15) is 64.6 Å². The van der Waals surface area contributed by atoms with Crippen LogP contribution in [0.4, 0.5) is 20.7 Å². The molecule has 0 saturated carbocycles. The van der Waals surface area contributed by atoms with Crippen molar-refractivity contribution in [2.24, 2.45) is 17.6 Å². The molecule has 3 saturated heterocycles. The van der Waals surface area contributed by atoms with E-state index in [1.807, 2.05) is 4.90 Å². The molecule has 13 heteroatoms. The van der Waals surface area contributed by atoms with Gasteiger partial charge >= 0.3 is 6.01 Å². The molecule has 3 aliphatic heterocycles. The highest BCUT2D eigenvalue weighted by Gasteiger charge is 2.45. The van der Waals surface area contributed by atoms with E-state index in [9.17, 15) is 13.6 Å². The highest BCUT2D eigenvalue weighted by Crippen LogP contribution is 2.32. The van der Waals surface area contributed by atoms with E-state index in [1.54, 1.807) is 12.4 Å². The van der Waals surface area contributed by atoms with Crippen LogP contribution in [0.15, 0.2) is 16.9 Å². The zero-order valence-corrected chi connectivity index (χ0v) is 23.5. The minimum atomic E-state index is -2.88. The van der Waals surface area contributed by atoms with Crippen molar-refractivity contribution < 1.29 is 22.8 Å². The number of nitrogens with two attached hydrogens (primary N) is 1. The van der Waals surface area contributed by atoms with Gasteiger partial charge in [-0.1, -0.05) is 25.9 Å². The molecule has 3 fully saturated rings. The number of rotatable bonds is 9. The first-order chi connectivity index (χ1) is 19.1. The number of carbonyl (C=O) groups excluding carboxylic acids is 1. The zero-order chi connectivity index (χ0) is 28.4. The molecule has 0 bridgehead atoms. The molecule has 11 nitrogen and oxygen atoms in total. The van der Waals surface area contributed by atoms with Gasteiger partial charge in [-0.15, -0.1) is 0 Å². The molecule has 5 heterocycles. The van der Waals surface area contributed by atoms with E-state index in [0.29, 0.717) is 49.2 Å². The Morgan fingerprint density at radius 1 is 1.15 bits per heavy atom. The van der Waals surface area contributed by atoms with E-state index in [-0.39, 0.29) is 18.2 Å². The Bertz CT molecular complexity index is 1140. The molecule has 2 aromatic heterocycles. The minimum Gasteiger partial charge on any atom is -0.490 e. The Morgan fingerprint density at radius 2 is 1.88 bits per heavy atom. The summed E-state index contributed by atoms with van der Waals surface area (Å²) in [7, 11) is 0. The van der Waals surface area contributed by atoms with Gasteiger partial charge in [-0.05, 0) is 31.1 Å². The largest absolute Gasteiger partial charge is 0.490 e. The molecule has 3 unspecified atom stereocenters. The molecule has 5 rings (SSSR count). The first kappa shape index (κ1) is 28.4. The van der Waals surface area contributed by atoms with Crippen molar-refractivity contribution in [1.29, 1.82) is 0 Å². The summed E-state index contributed by atoms with van der Waals surface area (Å²) in [5.41, 5.74) is 6.25. The van der Waals surface area contributed by atoms with Crippen molar-refractivity contribution in [2.45, 2.75) is 76.8 Å². The molecule has 3 aliphatic rings. The van der Waals surface area contributed by atoms with Crippen molar-refractivity contribution in [3.63, 3.8) is 0 Å². The van der Waals surface area contributed by atoms with Crippen LogP contribution < -0.4 is 20.3 Å². The van der Waals surface area contributed by atoms with Crippen molar-refractivity contribution in [3.05, 3.63) is 18.2 Å². The van der Waals surface area contributed by atoms with Gasteiger partial charge in [0.15, 0.2) is 11.6 Å². The fourth-order valence-electron chi connectivity index (χ4n) is 5.85. The van der Waals surface area contributed by atoms with Gasteiger partial charge in [-0.25, -0.2) is 18.7 Å². The maximum absolute atomic E-state index is 13.9. The Hall–Kier alpha value is -3.09. The lowest BCUT2D eigenvalue weighted by Crippen LogP contribution is -2.56. The van der Waals surface area contributed by atoms with E-state index in [1.165, 1.54) is 4.90 Å². The molecule has 1 amide bonds. The summed E-state index contributed by atoms with van der Waals surface area (Å²) in [6.45, 7) is 8.87. The third kappa shape index (κ3) is 6.45. The average Bonchev–Trinajstić information content (AvgIpc) is 3.58. The summed E-state index contributed by atoms with van der Waals surface area (Å²) in [5, 5.41) is 4.07. The fraction of sp³-hybridized carbons (Fsp3) is 0.741. The SMILES string of the molecule is CC(C)c1noc(N2CCC(C(C)CCOc3cnc(N4CC(N)C(N5CC(F)(F)CCC5=O)C4)nc3)CC2)n1. The minimum absolute atomic E-state index is 0.157. The van der Waals surface area contributed by atoms with Crippen LogP contribution in [0.25, 0.3) is 0 Å². The van der Waals surface area contributed by atoms with Crippen LogP contribution in [-0.2, 0) is 4.79 Å². The molecule has 0 spiro atoms. The number of ether oxygens (including phenoxy) is 1. The lowest BCUT2D eigenvalue weighted by atomic mass is 9.84. The number of anilines is 2. The van der Waals surface area contributed by atoms with Crippen LogP contribution in [0.5, 0.6) is 5.75 Å². The first-order valence-corrected chi connectivity index (χ1v) is 14.3. The Labute approximate surface area is 233 Å².